The molecule has 0 aromatic rings. The molecule has 0 fully saturated rings. The van der Waals surface area contributed by atoms with Gasteiger partial charge in [-0.2, -0.15) is 8.78 Å². The Hall–Kier alpha value is -0.658. The van der Waals surface area contributed by atoms with Crippen molar-refractivity contribution in [3.05, 3.63) is 0 Å². The van der Waals surface area contributed by atoms with Gasteiger partial charge in [0.15, 0.2) is 0 Å². The predicted octanol–water partition coefficient (Wildman–Crippen LogP) is -5.14. The second kappa shape index (κ2) is 7.72. The molecule has 0 saturated carbocycles. The molecule has 0 rings (SSSR count). The maximum atomic E-state index is 11.5. The Morgan fingerprint density at radius 1 is 1.07 bits per heavy atom. The predicted molar refractivity (Wildman–Crippen MR) is 33.7 cm³/mol. The minimum absolute atomic E-state index is 0. The summed E-state index contributed by atoms with van der Waals surface area (Å²) < 4.78 is 22.9. The van der Waals surface area contributed by atoms with Crippen LogP contribution in [-0.4, -0.2) is 50.5 Å². The van der Waals surface area contributed by atoms with Crippen molar-refractivity contribution in [3.63, 3.8) is 0 Å². The average Bonchev–Trinajstić information content (AvgIpc) is 1.85. The van der Waals surface area contributed by atoms with Gasteiger partial charge < -0.3 is 26.7 Å². The van der Waals surface area contributed by atoms with Crippen molar-refractivity contribution in [2.75, 3.05) is 0 Å². The maximum absolute atomic E-state index is 11.5. The molecule has 0 aliphatic carbocycles. The maximum Gasteiger partial charge on any atom is 1.00 e. The van der Waals surface area contributed by atoms with Crippen LogP contribution in [0.2, 0.25) is 0 Å². The number of hydrogen-bond acceptors (Lipinski definition) is 5. The molecule has 0 radical (unpaired) electrons. The molecule has 0 saturated heterocycles. The number of hydrogen-bond donors (Lipinski definition) is 5. The Bertz CT molecular complexity index is 184. The van der Waals surface area contributed by atoms with Gasteiger partial charge in [0.2, 0.25) is 0 Å². The van der Waals surface area contributed by atoms with Crippen LogP contribution in [0.3, 0.4) is 0 Å². The van der Waals surface area contributed by atoms with Crippen molar-refractivity contribution in [2.45, 2.75) is 5.92 Å². The molecule has 0 aromatic heterocycles. The zero-order chi connectivity index (χ0) is 11.2. The fourth-order valence-electron chi connectivity index (χ4n) is 0.0915. The first-order chi connectivity index (χ1) is 5.62. The number of carboxylic acid groups (broad SMARTS) is 2. The molecule has 0 spiro atoms. The summed E-state index contributed by atoms with van der Waals surface area (Å²) in [4.78, 5) is 18.7. The number of alkyl halides is 2. The molecule has 7 nitrogen and oxygen atoms in total. The summed E-state index contributed by atoms with van der Waals surface area (Å²) in [6.07, 6.45) is 0. The van der Waals surface area contributed by atoms with Gasteiger partial charge >= 0.3 is 44.0 Å². The zero-order valence-electron chi connectivity index (χ0n) is 7.89. The molecule has 0 heterocycles. The van der Waals surface area contributed by atoms with E-state index in [0.717, 1.165) is 0 Å². The van der Waals surface area contributed by atoms with Crippen LogP contribution in [0.4, 0.5) is 8.78 Å². The summed E-state index contributed by atoms with van der Waals surface area (Å²) in [5.74, 6) is -9.98. The van der Waals surface area contributed by atoms with Crippen molar-refractivity contribution >= 4 is 19.3 Å². The van der Waals surface area contributed by atoms with Gasteiger partial charge in [-0.1, -0.05) is 0 Å². The normalized spacial score (nSPS) is 8.93. The first-order valence-corrected chi connectivity index (χ1v) is 2.51. The minimum atomic E-state index is -4.67. The number of rotatable bonds is 2. The second-order valence-corrected chi connectivity index (χ2v) is 1.53. The molecular weight excluding hydrogens is 204 g/mol. The molecule has 0 amide bonds. The number of halogens is 2. The van der Waals surface area contributed by atoms with Gasteiger partial charge in [0.1, 0.15) is 0 Å². The number of aliphatic carboxylic acids is 2. The van der Waals surface area contributed by atoms with E-state index >= 15 is 0 Å². The van der Waals surface area contributed by atoms with E-state index in [1.54, 1.807) is 0 Å². The third-order valence-electron chi connectivity index (χ3n) is 0.537. The SMILES string of the molecule is O=C(O)C(F)(F)C(=O)O.OB(O)O.[H-].[Li+]. The van der Waals surface area contributed by atoms with Crippen molar-refractivity contribution in [3.8, 4) is 0 Å². The van der Waals surface area contributed by atoms with E-state index in [1.165, 1.54) is 0 Å². The zero-order valence-corrected chi connectivity index (χ0v) is 6.89. The van der Waals surface area contributed by atoms with Gasteiger partial charge in [-0.25, -0.2) is 9.59 Å². The van der Waals surface area contributed by atoms with E-state index in [2.05, 4.69) is 0 Å². The van der Waals surface area contributed by atoms with E-state index in [0.29, 0.717) is 0 Å². The van der Waals surface area contributed by atoms with E-state index in [-0.39, 0.29) is 20.3 Å². The molecule has 0 atom stereocenters. The fourth-order valence-corrected chi connectivity index (χ4v) is 0.0915. The summed E-state index contributed by atoms with van der Waals surface area (Å²) in [6.45, 7) is 0. The molecule has 0 unspecified atom stereocenters. The summed E-state index contributed by atoms with van der Waals surface area (Å²) in [7, 11) is -2.17. The minimum Gasteiger partial charge on any atom is -1.00 e. The Morgan fingerprint density at radius 2 is 1.21 bits per heavy atom. The van der Waals surface area contributed by atoms with E-state index in [4.69, 9.17) is 25.3 Å². The van der Waals surface area contributed by atoms with E-state index in [9.17, 15) is 18.4 Å². The van der Waals surface area contributed by atoms with Crippen LogP contribution in [0, 0.1) is 0 Å². The smallest absolute Gasteiger partial charge is 1.00 e. The fraction of sp³-hybridized carbons (Fsp3) is 0.333. The topological polar surface area (TPSA) is 135 Å². The average molecular weight is 210 g/mol. The molecule has 11 heteroatoms. The number of carboxylic acids is 2. The van der Waals surface area contributed by atoms with Gasteiger partial charge in [-0.3, -0.25) is 0 Å². The Kier molecular flexibility index (Phi) is 10.5. The molecular formula is C3H6BF2LiO7. The molecule has 0 aromatic carbocycles. The second-order valence-electron chi connectivity index (χ2n) is 1.53. The summed E-state index contributed by atoms with van der Waals surface area (Å²) in [5.41, 5.74) is 0. The molecule has 5 N–H and O–H groups in total. The molecule has 0 aliphatic heterocycles. The quantitative estimate of drug-likeness (QED) is 0.227. The van der Waals surface area contributed by atoms with Gasteiger partial charge in [0.25, 0.3) is 0 Å². The molecule has 14 heavy (non-hydrogen) atoms. The Morgan fingerprint density at radius 3 is 1.21 bits per heavy atom. The molecule has 0 aliphatic rings. The van der Waals surface area contributed by atoms with Crippen molar-refractivity contribution in [2.24, 2.45) is 0 Å². The summed E-state index contributed by atoms with van der Waals surface area (Å²) >= 11 is 0. The van der Waals surface area contributed by atoms with E-state index in [1.807, 2.05) is 0 Å². The molecule has 0 bridgehead atoms. The number of carbonyl (C=O) groups is 2. The third kappa shape index (κ3) is 9.43. The largest absolute Gasteiger partial charge is 1.00 e. The first-order valence-electron chi connectivity index (χ1n) is 2.51. The van der Waals surface area contributed by atoms with Gasteiger partial charge in [-0.05, 0) is 0 Å². The van der Waals surface area contributed by atoms with Crippen LogP contribution < -0.4 is 18.9 Å². The standard InChI is InChI=1S/C3H2F2O4.BH3O3.Li.H/c4-3(5,1(6)7)2(8)9;2-1(3)4;;/h(H,6,7)(H,8,9);2-4H;;/q;;+1;-1. The van der Waals surface area contributed by atoms with Crippen LogP contribution in [0.15, 0.2) is 0 Å². The van der Waals surface area contributed by atoms with Gasteiger partial charge in [0, 0.05) is 0 Å². The van der Waals surface area contributed by atoms with Crippen LogP contribution in [0.5, 0.6) is 0 Å². The van der Waals surface area contributed by atoms with Gasteiger partial charge in [-0.15, -0.1) is 0 Å². The van der Waals surface area contributed by atoms with Crippen molar-refractivity contribution < 1.29 is 63.9 Å². The Balaban J connectivity index is -0.0000000883. The Labute approximate surface area is 89.8 Å². The van der Waals surface area contributed by atoms with Crippen LogP contribution in [-0.2, 0) is 9.59 Å². The van der Waals surface area contributed by atoms with Crippen molar-refractivity contribution in [1.29, 1.82) is 0 Å². The molecule has 78 valence electrons. The van der Waals surface area contributed by atoms with Crippen LogP contribution in [0.1, 0.15) is 1.43 Å². The van der Waals surface area contributed by atoms with Gasteiger partial charge in [0.05, 0.1) is 0 Å². The van der Waals surface area contributed by atoms with Crippen molar-refractivity contribution in [1.82, 2.24) is 0 Å². The van der Waals surface area contributed by atoms with Crippen LogP contribution in [0.25, 0.3) is 0 Å². The first kappa shape index (κ1) is 19.0. The van der Waals surface area contributed by atoms with Crippen LogP contribution >= 0.6 is 0 Å². The summed E-state index contributed by atoms with van der Waals surface area (Å²) in [6, 6.07) is 0. The van der Waals surface area contributed by atoms with E-state index < -0.39 is 25.2 Å². The monoisotopic (exact) mass is 210 g/mol. The summed E-state index contributed by atoms with van der Waals surface area (Å²) in [5, 5.41) is 36.5. The third-order valence-corrected chi connectivity index (χ3v) is 0.537.